The Morgan fingerprint density at radius 1 is 1.13 bits per heavy atom. The zero-order chi connectivity index (χ0) is 22.5. The van der Waals surface area contributed by atoms with Gasteiger partial charge in [-0.2, -0.15) is 5.10 Å². The van der Waals surface area contributed by atoms with Gasteiger partial charge in [0.15, 0.2) is 0 Å². The van der Waals surface area contributed by atoms with E-state index < -0.39 is 17.9 Å². The van der Waals surface area contributed by atoms with Gasteiger partial charge in [0.25, 0.3) is 0 Å². The van der Waals surface area contributed by atoms with Gasteiger partial charge in [0.2, 0.25) is 11.8 Å². The average molecular weight is 426 g/mol. The highest BCUT2D eigenvalue weighted by atomic mass is 16.4. The first kappa shape index (κ1) is 23.3. The van der Waals surface area contributed by atoms with Crippen LogP contribution in [0.3, 0.4) is 0 Å². The molecule has 1 aromatic carbocycles. The highest BCUT2D eigenvalue weighted by Crippen LogP contribution is 2.18. The molecule has 0 saturated heterocycles. The summed E-state index contributed by atoms with van der Waals surface area (Å²) in [6, 6.07) is 11.7. The predicted molar refractivity (Wildman–Crippen MR) is 115 cm³/mol. The first-order chi connectivity index (χ1) is 15.0. The molecule has 6 N–H and O–H groups in total. The molecule has 0 aliphatic rings. The number of carbonyl (C=O) groups is 3. The molecule has 0 aliphatic carbocycles. The fraction of sp³-hybridized carbons (Fsp3) is 0.286. The molecule has 0 fully saturated rings. The lowest BCUT2D eigenvalue weighted by Crippen LogP contribution is -2.46. The summed E-state index contributed by atoms with van der Waals surface area (Å²) in [5.41, 5.74) is 1.63. The van der Waals surface area contributed by atoms with Gasteiger partial charge >= 0.3 is 5.97 Å². The van der Waals surface area contributed by atoms with Crippen molar-refractivity contribution in [2.24, 2.45) is 10.9 Å². The molecule has 2 unspecified atom stereocenters. The average Bonchev–Trinajstić information content (AvgIpc) is 2.78. The summed E-state index contributed by atoms with van der Waals surface area (Å²) in [6.45, 7) is 0.103. The third kappa shape index (κ3) is 8.52. The van der Waals surface area contributed by atoms with Crippen LogP contribution in [-0.2, 0) is 20.8 Å². The van der Waals surface area contributed by atoms with Crippen molar-refractivity contribution in [2.75, 3.05) is 13.1 Å². The number of nitrogens with one attached hydrogen (secondary N) is 3. The van der Waals surface area contributed by atoms with Crippen LogP contribution in [0.5, 0.6) is 0 Å². The normalized spacial score (nSPS) is 12.6. The van der Waals surface area contributed by atoms with E-state index in [1.54, 1.807) is 18.3 Å². The largest absolute Gasteiger partial charge is 0.480 e. The van der Waals surface area contributed by atoms with Crippen LogP contribution in [0.2, 0.25) is 0 Å². The Bertz CT molecular complexity index is 876. The van der Waals surface area contributed by atoms with Crippen LogP contribution in [0, 0.1) is 0 Å². The summed E-state index contributed by atoms with van der Waals surface area (Å²) in [5.74, 6) is 2.82. The number of aliphatic carboxylic acids is 1. The van der Waals surface area contributed by atoms with Gasteiger partial charge in [0.1, 0.15) is 12.4 Å². The van der Waals surface area contributed by atoms with Crippen molar-refractivity contribution in [3.8, 4) is 0 Å². The number of benzene rings is 1. The second kappa shape index (κ2) is 12.6. The molecule has 0 spiro atoms. The smallest absolute Gasteiger partial charge is 0.326 e. The van der Waals surface area contributed by atoms with Crippen molar-refractivity contribution < 1.29 is 19.5 Å². The molecular weight excluding hydrogens is 400 g/mol. The fourth-order valence-electron chi connectivity index (χ4n) is 2.96. The number of carboxylic acid groups (broad SMARTS) is 1. The third-order valence-electron chi connectivity index (χ3n) is 4.47. The summed E-state index contributed by atoms with van der Waals surface area (Å²) < 4.78 is 0. The van der Waals surface area contributed by atoms with E-state index in [2.05, 4.69) is 26.0 Å². The molecule has 2 atom stereocenters. The number of carbonyl (C=O) groups excluding carboxylic acids is 2. The predicted octanol–water partition coefficient (Wildman–Crippen LogP) is -0.0248. The Morgan fingerprint density at radius 3 is 2.55 bits per heavy atom. The number of aromatic nitrogens is 1. The molecule has 0 bridgehead atoms. The standard InChI is InChI=1S/C21H26N6O4/c22-26-14-24-12-17(16-6-2-1-3-7-16)10-19(28)25-13-20(29)27-18(21(30)31)9-15-5-4-8-23-11-15/h1-8,11,14,17-18H,9-10,12-13,22H2,(H,24,26)(H,25,28)(H,27,29)(H,30,31). The zero-order valence-corrected chi connectivity index (χ0v) is 16.9. The van der Waals surface area contributed by atoms with E-state index in [0.717, 1.165) is 5.56 Å². The molecule has 2 rings (SSSR count). The van der Waals surface area contributed by atoms with Crippen molar-refractivity contribution in [3.63, 3.8) is 0 Å². The maximum atomic E-state index is 12.4. The molecule has 1 heterocycles. The Balaban J connectivity index is 1.87. The lowest BCUT2D eigenvalue weighted by Gasteiger charge is -2.18. The minimum Gasteiger partial charge on any atom is -0.480 e. The van der Waals surface area contributed by atoms with Crippen LogP contribution in [0.15, 0.2) is 60.0 Å². The second-order valence-corrected chi connectivity index (χ2v) is 6.80. The van der Waals surface area contributed by atoms with Gasteiger partial charge in [-0.05, 0) is 17.2 Å². The molecule has 1 aromatic heterocycles. The Hall–Kier alpha value is -3.95. The molecule has 2 amide bonds. The summed E-state index contributed by atoms with van der Waals surface area (Å²) in [5, 5.41) is 20.6. The Morgan fingerprint density at radius 2 is 1.90 bits per heavy atom. The highest BCUT2D eigenvalue weighted by Gasteiger charge is 2.21. The van der Waals surface area contributed by atoms with Crippen molar-refractivity contribution in [2.45, 2.75) is 24.8 Å². The van der Waals surface area contributed by atoms with Gasteiger partial charge in [-0.1, -0.05) is 36.4 Å². The second-order valence-electron chi connectivity index (χ2n) is 6.80. The molecule has 2 aromatic rings. The fourth-order valence-corrected chi connectivity index (χ4v) is 2.96. The number of nitrogens with zero attached hydrogens (tertiary/aromatic N) is 2. The molecule has 31 heavy (non-hydrogen) atoms. The SMILES string of the molecule is NN=CNCC(CC(=O)NCC(=O)NC(Cc1cccnc1)C(=O)O)c1ccccc1. The van der Waals surface area contributed by atoms with E-state index in [0.29, 0.717) is 12.1 Å². The maximum absolute atomic E-state index is 12.4. The summed E-state index contributed by atoms with van der Waals surface area (Å²) in [6.07, 6.45) is 4.68. The first-order valence-corrected chi connectivity index (χ1v) is 9.67. The van der Waals surface area contributed by atoms with Gasteiger partial charge in [0.05, 0.1) is 6.54 Å². The number of hydrogen-bond donors (Lipinski definition) is 5. The molecule has 10 heteroatoms. The summed E-state index contributed by atoms with van der Waals surface area (Å²) >= 11 is 0. The number of hydrazone groups is 1. The van der Waals surface area contributed by atoms with Crippen LogP contribution in [-0.4, -0.2) is 53.3 Å². The van der Waals surface area contributed by atoms with E-state index in [4.69, 9.17) is 5.84 Å². The van der Waals surface area contributed by atoms with Crippen molar-refractivity contribution in [1.82, 2.24) is 20.9 Å². The van der Waals surface area contributed by atoms with Crippen LogP contribution < -0.4 is 21.8 Å². The van der Waals surface area contributed by atoms with E-state index in [1.807, 2.05) is 30.3 Å². The van der Waals surface area contributed by atoms with E-state index in [9.17, 15) is 19.5 Å². The molecule has 164 valence electrons. The van der Waals surface area contributed by atoms with E-state index >= 15 is 0 Å². The van der Waals surface area contributed by atoms with Crippen molar-refractivity contribution in [1.29, 1.82) is 0 Å². The van der Waals surface area contributed by atoms with Crippen LogP contribution >= 0.6 is 0 Å². The molecule has 10 nitrogen and oxygen atoms in total. The number of pyridine rings is 1. The number of carboxylic acids is 1. The monoisotopic (exact) mass is 426 g/mol. The number of nitrogens with two attached hydrogens (primary N) is 1. The van der Waals surface area contributed by atoms with Crippen LogP contribution in [0.4, 0.5) is 0 Å². The lowest BCUT2D eigenvalue weighted by atomic mass is 9.95. The molecule has 0 aliphatic heterocycles. The van der Waals surface area contributed by atoms with Crippen molar-refractivity contribution in [3.05, 3.63) is 66.0 Å². The third-order valence-corrected chi connectivity index (χ3v) is 4.47. The molecule has 0 radical (unpaired) electrons. The minimum atomic E-state index is -1.17. The van der Waals surface area contributed by atoms with Gasteiger partial charge in [-0.15, -0.1) is 0 Å². The number of amides is 2. The quantitative estimate of drug-likeness (QED) is 0.138. The molecule has 0 saturated carbocycles. The van der Waals surface area contributed by atoms with E-state index in [1.165, 1.54) is 12.5 Å². The van der Waals surface area contributed by atoms with Gasteiger partial charge in [-0.25, -0.2) is 4.79 Å². The highest BCUT2D eigenvalue weighted by molar-refractivity contribution is 5.88. The first-order valence-electron chi connectivity index (χ1n) is 9.67. The summed E-state index contributed by atoms with van der Waals surface area (Å²) in [7, 11) is 0. The van der Waals surface area contributed by atoms with Gasteiger partial charge < -0.3 is 26.9 Å². The Kier molecular flexibility index (Phi) is 9.47. The zero-order valence-electron chi connectivity index (χ0n) is 16.9. The maximum Gasteiger partial charge on any atom is 0.326 e. The topological polar surface area (TPSA) is 159 Å². The lowest BCUT2D eigenvalue weighted by molar-refractivity contribution is -0.141. The summed E-state index contributed by atoms with van der Waals surface area (Å²) in [4.78, 5) is 39.9. The minimum absolute atomic E-state index is 0.0906. The Labute approximate surface area is 179 Å². The van der Waals surface area contributed by atoms with Crippen LogP contribution in [0.1, 0.15) is 23.5 Å². The number of rotatable bonds is 12. The number of hydrogen-bond acceptors (Lipinski definition) is 6. The van der Waals surface area contributed by atoms with E-state index in [-0.39, 0.29) is 31.2 Å². The molecular formula is C21H26N6O4. The van der Waals surface area contributed by atoms with Crippen LogP contribution in [0.25, 0.3) is 0 Å². The van der Waals surface area contributed by atoms with Gasteiger partial charge in [-0.3, -0.25) is 14.6 Å². The van der Waals surface area contributed by atoms with Gasteiger partial charge in [0, 0.05) is 37.7 Å². The van der Waals surface area contributed by atoms with Crippen molar-refractivity contribution >= 4 is 24.1 Å².